The van der Waals surface area contributed by atoms with Gasteiger partial charge in [0, 0.05) is 6.42 Å². The van der Waals surface area contributed by atoms with Crippen LogP contribution in [0.1, 0.15) is 22.4 Å². The van der Waals surface area contributed by atoms with E-state index in [1.54, 1.807) is 17.4 Å². The molecule has 0 aliphatic carbocycles. The van der Waals surface area contributed by atoms with Crippen LogP contribution in [0.2, 0.25) is 0 Å². The zero-order valence-electron chi connectivity index (χ0n) is 18.9. The molecule has 1 N–H and O–H groups in total. The quantitative estimate of drug-likeness (QED) is 0.321. The summed E-state index contributed by atoms with van der Waals surface area (Å²) in [6.45, 7) is 3.14. The number of benzene rings is 2. The van der Waals surface area contributed by atoms with E-state index in [1.165, 1.54) is 22.3 Å². The number of ether oxygens (including phenoxy) is 2. The first-order chi connectivity index (χ1) is 17.1. The predicted octanol–water partition coefficient (Wildman–Crippen LogP) is 5.57. The fourth-order valence-electron chi connectivity index (χ4n) is 3.46. The molecule has 5 rings (SSSR count). The molecule has 3 aromatic rings. The number of aliphatic imine (C=N–C) groups is 1. The van der Waals surface area contributed by atoms with E-state index in [9.17, 15) is 4.79 Å². The highest BCUT2D eigenvalue weighted by Gasteiger charge is 2.36. The van der Waals surface area contributed by atoms with Gasteiger partial charge in [-0.1, -0.05) is 30.3 Å². The highest BCUT2D eigenvalue weighted by Crippen LogP contribution is 2.32. The van der Waals surface area contributed by atoms with Crippen molar-refractivity contribution in [2.75, 3.05) is 13.2 Å². The van der Waals surface area contributed by atoms with Crippen molar-refractivity contribution in [3.05, 3.63) is 87.6 Å². The Morgan fingerprint density at radius 1 is 1.03 bits per heavy atom. The molecule has 0 spiro atoms. The first-order valence-electron chi connectivity index (χ1n) is 11.0. The number of hydrogen-bond acceptors (Lipinski definition) is 7. The average Bonchev–Trinajstić information content (AvgIpc) is 3.53. The lowest BCUT2D eigenvalue weighted by atomic mass is 10.1. The van der Waals surface area contributed by atoms with Crippen molar-refractivity contribution in [3.63, 3.8) is 0 Å². The highest BCUT2D eigenvalue weighted by atomic mass is 32.2. The van der Waals surface area contributed by atoms with Gasteiger partial charge < -0.3 is 9.47 Å². The van der Waals surface area contributed by atoms with Crippen LogP contribution >= 0.6 is 23.1 Å². The topological polar surface area (TPSA) is 87.3 Å². The zero-order valence-corrected chi connectivity index (χ0v) is 20.6. The molecule has 2 aliphatic rings. The number of thioether (sulfide) groups is 1. The number of amidine groups is 2. The molecular weight excluding hydrogens is 480 g/mol. The van der Waals surface area contributed by atoms with Gasteiger partial charge in [-0.25, -0.2) is 0 Å². The van der Waals surface area contributed by atoms with Crippen LogP contribution in [0.5, 0.6) is 11.5 Å². The Bertz CT molecular complexity index is 1350. The number of carbonyl (C=O) groups is 1. The van der Waals surface area contributed by atoms with Gasteiger partial charge in [-0.2, -0.15) is 15.1 Å². The summed E-state index contributed by atoms with van der Waals surface area (Å²) in [4.78, 5) is 17.7. The molecule has 2 aliphatic heterocycles. The van der Waals surface area contributed by atoms with Gasteiger partial charge in [0.1, 0.15) is 16.5 Å². The van der Waals surface area contributed by atoms with Crippen molar-refractivity contribution in [2.24, 2.45) is 10.1 Å². The van der Waals surface area contributed by atoms with Gasteiger partial charge in [0.25, 0.3) is 5.91 Å². The molecule has 0 radical (unpaired) electrons. The number of hydrazone groups is 1. The minimum absolute atomic E-state index is 0.0213. The third-order valence-corrected chi connectivity index (χ3v) is 7.14. The number of nitrogens with zero attached hydrogens (tertiary/aromatic N) is 3. The summed E-state index contributed by atoms with van der Waals surface area (Å²) < 4.78 is 11.5. The van der Waals surface area contributed by atoms with E-state index in [1.807, 2.05) is 73.0 Å². The minimum Gasteiger partial charge on any atom is -0.493 e. The van der Waals surface area contributed by atoms with Gasteiger partial charge in [-0.15, -0.1) is 11.3 Å². The summed E-state index contributed by atoms with van der Waals surface area (Å²) in [5.74, 6) is 1.18. The summed E-state index contributed by atoms with van der Waals surface area (Å²) in [7, 11) is 0. The molecule has 0 fully saturated rings. The number of thiophene rings is 1. The average molecular weight is 503 g/mol. The van der Waals surface area contributed by atoms with Gasteiger partial charge in [0.2, 0.25) is 5.17 Å². The van der Waals surface area contributed by atoms with Crippen molar-refractivity contribution in [1.82, 2.24) is 5.01 Å². The van der Waals surface area contributed by atoms with E-state index in [0.29, 0.717) is 18.4 Å². The van der Waals surface area contributed by atoms with Crippen LogP contribution < -0.4 is 9.47 Å². The number of rotatable bonds is 8. The van der Waals surface area contributed by atoms with Crippen molar-refractivity contribution >= 4 is 51.1 Å². The molecule has 0 unspecified atom stereocenters. The first-order valence-corrected chi connectivity index (χ1v) is 12.7. The fraction of sp³-hybridized carbons (Fsp3) is 0.154. The maximum Gasteiger partial charge on any atom is 0.283 e. The Hall–Kier alpha value is -3.69. The normalized spacial score (nSPS) is 16.3. The molecule has 9 heteroatoms. The number of amides is 1. The zero-order chi connectivity index (χ0) is 24.2. The van der Waals surface area contributed by atoms with Crippen molar-refractivity contribution < 1.29 is 14.3 Å². The van der Waals surface area contributed by atoms with E-state index >= 15 is 0 Å². The van der Waals surface area contributed by atoms with Crippen molar-refractivity contribution in [2.45, 2.75) is 13.3 Å². The van der Waals surface area contributed by atoms with E-state index in [2.05, 4.69) is 10.1 Å². The second-order valence-corrected chi connectivity index (χ2v) is 9.74. The Kier molecular flexibility index (Phi) is 6.78. The number of fused-ring (bicyclic) bond motifs is 1. The highest BCUT2D eigenvalue weighted by molar-refractivity contribution is 8.27. The second-order valence-electron chi connectivity index (χ2n) is 7.84. The van der Waals surface area contributed by atoms with E-state index in [4.69, 9.17) is 14.9 Å². The predicted molar refractivity (Wildman–Crippen MR) is 142 cm³/mol. The van der Waals surface area contributed by atoms with Crippen LogP contribution in [0, 0.1) is 12.3 Å². The molecule has 2 aromatic carbocycles. The lowest BCUT2D eigenvalue weighted by Crippen LogP contribution is -2.35. The molecule has 3 heterocycles. The monoisotopic (exact) mass is 502 g/mol. The number of nitrogens with one attached hydrogen (secondary N) is 1. The fourth-order valence-corrected chi connectivity index (χ4v) is 5.15. The summed E-state index contributed by atoms with van der Waals surface area (Å²) in [5, 5.41) is 17.5. The third kappa shape index (κ3) is 5.36. The Labute approximate surface area is 211 Å². The minimum atomic E-state index is -0.440. The third-order valence-electron chi connectivity index (χ3n) is 5.19. The summed E-state index contributed by atoms with van der Waals surface area (Å²) in [5.41, 5.74) is 2.15. The Balaban J connectivity index is 1.17. The first kappa shape index (κ1) is 23.1. The van der Waals surface area contributed by atoms with Crippen LogP contribution in [-0.4, -0.2) is 40.2 Å². The van der Waals surface area contributed by atoms with Crippen LogP contribution in [0.3, 0.4) is 0 Å². The van der Waals surface area contributed by atoms with Crippen LogP contribution in [0.25, 0.3) is 6.08 Å². The summed E-state index contributed by atoms with van der Waals surface area (Å²) >= 11 is 2.86. The number of carbonyl (C=O) groups excluding carboxylic acids is 1. The number of aryl methyl sites for hydroxylation is 1. The van der Waals surface area contributed by atoms with Gasteiger partial charge in [0.15, 0.2) is 5.84 Å². The SMILES string of the molecule is Cc1cccc(OCCCOc2ccc(C=C3C(=N)N4N=C(c5cccs5)SC4=NC3=O)cc2)c1. The van der Waals surface area contributed by atoms with Crippen molar-refractivity contribution in [3.8, 4) is 11.5 Å². The van der Waals surface area contributed by atoms with Crippen LogP contribution in [0.4, 0.5) is 0 Å². The molecule has 176 valence electrons. The molecule has 0 bridgehead atoms. The summed E-state index contributed by atoms with van der Waals surface area (Å²) in [6, 6.07) is 19.3. The van der Waals surface area contributed by atoms with Gasteiger partial charge >= 0.3 is 0 Å². The van der Waals surface area contributed by atoms with Crippen LogP contribution in [-0.2, 0) is 4.79 Å². The lowest BCUT2D eigenvalue weighted by molar-refractivity contribution is -0.114. The second kappa shape index (κ2) is 10.3. The Morgan fingerprint density at radius 3 is 2.57 bits per heavy atom. The Morgan fingerprint density at radius 2 is 1.83 bits per heavy atom. The van der Waals surface area contributed by atoms with E-state index < -0.39 is 5.91 Å². The molecule has 1 amide bonds. The van der Waals surface area contributed by atoms with Crippen LogP contribution in [0.15, 0.2) is 81.7 Å². The molecule has 1 aromatic heterocycles. The van der Waals surface area contributed by atoms with Crippen molar-refractivity contribution in [1.29, 1.82) is 5.41 Å². The van der Waals surface area contributed by atoms with Gasteiger partial charge in [0.05, 0.1) is 23.7 Å². The molecule has 0 saturated heterocycles. The molecule has 0 atom stereocenters. The maximum absolute atomic E-state index is 12.6. The molecular formula is C26H22N4O3S2. The molecule has 7 nitrogen and oxygen atoms in total. The van der Waals surface area contributed by atoms with Gasteiger partial charge in [-0.05, 0) is 71.6 Å². The summed E-state index contributed by atoms with van der Waals surface area (Å²) in [6.07, 6.45) is 2.42. The molecule has 0 saturated carbocycles. The largest absolute Gasteiger partial charge is 0.493 e. The van der Waals surface area contributed by atoms with E-state index in [0.717, 1.165) is 33.4 Å². The smallest absolute Gasteiger partial charge is 0.283 e. The van der Waals surface area contributed by atoms with Gasteiger partial charge in [-0.3, -0.25) is 10.2 Å². The standard InChI is InChI=1S/C26H22N4O3S2/c1-17-5-2-6-20(15-17)33-13-4-12-32-19-10-8-18(9-11-19)16-21-23(27)30-26(28-24(21)31)35-25(29-30)22-7-3-14-34-22/h2-3,5-11,14-16,27H,4,12-13H2,1H3. The number of hydrogen-bond donors (Lipinski definition) is 1. The molecule has 35 heavy (non-hydrogen) atoms. The lowest BCUT2D eigenvalue weighted by Gasteiger charge is -2.20. The van der Waals surface area contributed by atoms with E-state index in [-0.39, 0.29) is 11.4 Å². The maximum atomic E-state index is 12.6.